The summed E-state index contributed by atoms with van der Waals surface area (Å²) in [6.07, 6.45) is 6.72. The Bertz CT molecular complexity index is 1270. The zero-order chi connectivity index (χ0) is 20.8. The van der Waals surface area contributed by atoms with E-state index in [-0.39, 0.29) is 18.8 Å². The van der Waals surface area contributed by atoms with E-state index in [9.17, 15) is 13.7 Å². The number of aromatic amines is 1. The van der Waals surface area contributed by atoms with Gasteiger partial charge in [0.25, 0.3) is 0 Å². The summed E-state index contributed by atoms with van der Waals surface area (Å²) < 4.78 is 27.5. The van der Waals surface area contributed by atoms with Crippen LogP contribution >= 0.6 is 0 Å². The summed E-state index contributed by atoms with van der Waals surface area (Å²) in [7, 11) is -3.33. The van der Waals surface area contributed by atoms with Gasteiger partial charge in [-0.25, -0.2) is 13.3 Å². The number of nitrogens with zero attached hydrogens (tertiary/aromatic N) is 6. The van der Waals surface area contributed by atoms with E-state index in [0.717, 1.165) is 16.5 Å². The van der Waals surface area contributed by atoms with Gasteiger partial charge in [-0.3, -0.25) is 9.67 Å². The lowest BCUT2D eigenvalue weighted by Gasteiger charge is -2.50. The van der Waals surface area contributed by atoms with Crippen molar-refractivity contribution in [2.45, 2.75) is 19.4 Å². The molecule has 0 spiro atoms. The molecule has 0 unspecified atom stereocenters. The molecule has 0 amide bonds. The molecule has 29 heavy (non-hydrogen) atoms. The quantitative estimate of drug-likeness (QED) is 0.651. The van der Waals surface area contributed by atoms with Gasteiger partial charge in [-0.15, -0.1) is 0 Å². The second kappa shape index (κ2) is 6.69. The molecule has 3 aromatic heterocycles. The lowest BCUT2D eigenvalue weighted by Crippen LogP contribution is -2.67. The summed E-state index contributed by atoms with van der Waals surface area (Å²) >= 11 is 0. The lowest BCUT2D eigenvalue weighted by molar-refractivity contribution is 0.0357. The molecule has 1 aliphatic heterocycles. The summed E-state index contributed by atoms with van der Waals surface area (Å²) in [6.45, 7) is 11.3. The minimum Gasteiger partial charge on any atom is -0.346 e. The van der Waals surface area contributed by atoms with E-state index in [0.29, 0.717) is 11.3 Å². The van der Waals surface area contributed by atoms with Crippen LogP contribution in [-0.2, 0) is 15.6 Å². The number of hydrogen-bond donors (Lipinski definition) is 1. The fraction of sp³-hybridized carbons (Fsp3) is 0.368. The SMILES string of the molecule is [C-]#[N+]c1cnc2[nH]ccc2c1-c1cnn(C2([C@@H](C)C#N)CN(S(=O)(=O)CC)C2)c1. The fourth-order valence-electron chi connectivity index (χ4n) is 3.76. The van der Waals surface area contributed by atoms with Crippen LogP contribution in [0.15, 0.2) is 30.9 Å². The van der Waals surface area contributed by atoms with Crippen LogP contribution in [0.5, 0.6) is 0 Å². The van der Waals surface area contributed by atoms with Crippen molar-refractivity contribution in [3.8, 4) is 17.2 Å². The summed E-state index contributed by atoms with van der Waals surface area (Å²) in [5.41, 5.74) is 1.78. The highest BCUT2D eigenvalue weighted by Crippen LogP contribution is 2.41. The molecular formula is C19H19N7O2S. The van der Waals surface area contributed by atoms with Crippen molar-refractivity contribution in [3.05, 3.63) is 42.3 Å². The molecule has 0 aromatic carbocycles. The monoisotopic (exact) mass is 409 g/mol. The van der Waals surface area contributed by atoms with Gasteiger partial charge in [0.1, 0.15) is 11.2 Å². The normalized spacial score (nSPS) is 17.4. The van der Waals surface area contributed by atoms with Crippen LogP contribution in [0.25, 0.3) is 27.0 Å². The van der Waals surface area contributed by atoms with Crippen molar-refractivity contribution in [2.75, 3.05) is 18.8 Å². The molecule has 0 saturated carbocycles. The average Bonchev–Trinajstić information content (AvgIpc) is 3.35. The Kier molecular flexibility index (Phi) is 4.41. The number of nitrogens with one attached hydrogen (secondary N) is 1. The van der Waals surface area contributed by atoms with E-state index in [1.165, 1.54) is 10.5 Å². The number of rotatable bonds is 5. The van der Waals surface area contributed by atoms with E-state index < -0.39 is 21.5 Å². The molecule has 1 N–H and O–H groups in total. The predicted molar refractivity (Wildman–Crippen MR) is 107 cm³/mol. The van der Waals surface area contributed by atoms with Crippen LogP contribution in [0.2, 0.25) is 0 Å². The smallest absolute Gasteiger partial charge is 0.213 e. The minimum atomic E-state index is -3.33. The molecule has 1 fully saturated rings. The minimum absolute atomic E-state index is 0.0191. The molecule has 4 rings (SSSR count). The fourth-order valence-corrected chi connectivity index (χ4v) is 4.97. The van der Waals surface area contributed by atoms with Gasteiger partial charge in [0.05, 0.1) is 30.5 Å². The van der Waals surface area contributed by atoms with Gasteiger partial charge in [-0.1, -0.05) is 0 Å². The average molecular weight is 409 g/mol. The van der Waals surface area contributed by atoms with Gasteiger partial charge in [0.15, 0.2) is 0 Å². The van der Waals surface area contributed by atoms with Gasteiger partial charge in [-0.05, 0) is 19.9 Å². The second-order valence-corrected chi connectivity index (χ2v) is 9.42. The largest absolute Gasteiger partial charge is 0.346 e. The number of H-pyrrole nitrogens is 1. The maximum absolute atomic E-state index is 12.2. The summed E-state index contributed by atoms with van der Waals surface area (Å²) in [4.78, 5) is 10.9. The first-order chi connectivity index (χ1) is 13.9. The molecule has 1 aliphatic rings. The highest BCUT2D eigenvalue weighted by atomic mass is 32.2. The number of pyridine rings is 1. The van der Waals surface area contributed by atoms with Gasteiger partial charge >= 0.3 is 0 Å². The molecule has 0 radical (unpaired) electrons. The van der Waals surface area contributed by atoms with Crippen LogP contribution in [-0.4, -0.2) is 51.3 Å². The van der Waals surface area contributed by atoms with Crippen LogP contribution in [0.3, 0.4) is 0 Å². The number of nitriles is 1. The Morgan fingerprint density at radius 2 is 2.21 bits per heavy atom. The molecule has 9 nitrogen and oxygen atoms in total. The molecule has 0 bridgehead atoms. The Balaban J connectivity index is 1.79. The van der Waals surface area contributed by atoms with E-state index in [1.807, 2.05) is 6.07 Å². The molecular weight excluding hydrogens is 390 g/mol. The summed E-state index contributed by atoms with van der Waals surface area (Å²) in [5.74, 6) is -0.422. The van der Waals surface area contributed by atoms with Crippen molar-refractivity contribution in [1.29, 1.82) is 5.26 Å². The standard InChI is InChI=1S/C19H19N7O2S/c1-4-29(27,28)25-11-19(12-25,13(2)7-20)26-10-14(8-24-26)17-15-5-6-22-18(15)23-9-16(17)21-3/h5-6,8-10,13H,4,11-12H2,1-2H3,(H,22,23)/t13-/m0/s1. The zero-order valence-electron chi connectivity index (χ0n) is 16.0. The van der Waals surface area contributed by atoms with Gasteiger partial charge in [0.2, 0.25) is 15.7 Å². The highest BCUT2D eigenvalue weighted by Gasteiger charge is 2.53. The van der Waals surface area contributed by atoms with Gasteiger partial charge in [0, 0.05) is 48.2 Å². The van der Waals surface area contributed by atoms with E-state index in [1.54, 1.807) is 37.1 Å². The van der Waals surface area contributed by atoms with E-state index in [4.69, 9.17) is 6.57 Å². The first-order valence-electron chi connectivity index (χ1n) is 9.13. The Morgan fingerprint density at radius 3 is 2.86 bits per heavy atom. The summed E-state index contributed by atoms with van der Waals surface area (Å²) in [5, 5.41) is 14.8. The lowest BCUT2D eigenvalue weighted by atomic mass is 9.80. The second-order valence-electron chi connectivity index (χ2n) is 7.17. The van der Waals surface area contributed by atoms with Crippen LogP contribution in [0.1, 0.15) is 13.8 Å². The third-order valence-corrected chi connectivity index (χ3v) is 7.45. The maximum Gasteiger partial charge on any atom is 0.213 e. The third-order valence-electron chi connectivity index (χ3n) is 5.67. The van der Waals surface area contributed by atoms with Crippen molar-refractivity contribution < 1.29 is 8.42 Å². The number of hydrogen-bond acceptors (Lipinski definition) is 5. The molecule has 0 aliphatic carbocycles. The van der Waals surface area contributed by atoms with E-state index in [2.05, 4.69) is 26.0 Å². The Hall–Kier alpha value is -3.21. The molecule has 1 saturated heterocycles. The van der Waals surface area contributed by atoms with Crippen molar-refractivity contribution in [2.24, 2.45) is 5.92 Å². The number of fused-ring (bicyclic) bond motifs is 1. The first-order valence-corrected chi connectivity index (χ1v) is 10.7. The zero-order valence-corrected chi connectivity index (χ0v) is 16.8. The van der Waals surface area contributed by atoms with Crippen LogP contribution in [0, 0.1) is 23.8 Å². The number of sulfonamides is 1. The molecule has 4 heterocycles. The predicted octanol–water partition coefficient (Wildman–Crippen LogP) is 2.50. The van der Waals surface area contributed by atoms with Crippen LogP contribution in [0.4, 0.5) is 5.69 Å². The van der Waals surface area contributed by atoms with Crippen LogP contribution < -0.4 is 0 Å². The molecule has 1 atom stereocenters. The Labute approximate surface area is 168 Å². The first kappa shape index (κ1) is 19.1. The van der Waals surface area contributed by atoms with Crippen molar-refractivity contribution in [1.82, 2.24) is 24.1 Å². The molecule has 3 aromatic rings. The van der Waals surface area contributed by atoms with Gasteiger partial charge in [-0.2, -0.15) is 14.7 Å². The summed E-state index contributed by atoms with van der Waals surface area (Å²) in [6, 6.07) is 4.10. The highest BCUT2D eigenvalue weighted by molar-refractivity contribution is 7.89. The number of aromatic nitrogens is 4. The van der Waals surface area contributed by atoms with Gasteiger partial charge < -0.3 is 4.98 Å². The molecule has 148 valence electrons. The van der Waals surface area contributed by atoms with E-state index >= 15 is 0 Å². The Morgan fingerprint density at radius 1 is 1.45 bits per heavy atom. The maximum atomic E-state index is 12.2. The van der Waals surface area contributed by atoms with Crippen molar-refractivity contribution in [3.63, 3.8) is 0 Å². The topological polar surface area (TPSA) is 112 Å². The van der Waals surface area contributed by atoms with Crippen molar-refractivity contribution >= 4 is 26.7 Å². The molecule has 10 heteroatoms. The third kappa shape index (κ3) is 2.80.